The van der Waals surface area contributed by atoms with Gasteiger partial charge < -0.3 is 4.74 Å². The van der Waals surface area contributed by atoms with Crippen molar-refractivity contribution in [1.82, 2.24) is 0 Å². The molecule has 0 aliphatic rings. The van der Waals surface area contributed by atoms with Gasteiger partial charge in [-0.15, -0.1) is 0 Å². The average molecular weight is 333 g/mol. The molecule has 0 bridgehead atoms. The minimum Gasteiger partial charge on any atom is -0.494 e. The molecule has 0 atom stereocenters. The number of benzene rings is 2. The summed E-state index contributed by atoms with van der Waals surface area (Å²) in [6, 6.07) is 10.9. The van der Waals surface area contributed by atoms with Crippen molar-refractivity contribution in [3.8, 4) is 5.75 Å². The van der Waals surface area contributed by atoms with Crippen molar-refractivity contribution in [3.05, 3.63) is 53.6 Å². The summed E-state index contributed by atoms with van der Waals surface area (Å²) in [5, 5.41) is 0. The number of carbonyl (C=O) groups excluding carboxylic acids is 1. The van der Waals surface area contributed by atoms with Crippen LogP contribution in [0.25, 0.3) is 0 Å². The normalized spacial score (nSPS) is 11.1. The minimum absolute atomic E-state index is 0.106. The van der Waals surface area contributed by atoms with Crippen LogP contribution in [0.3, 0.4) is 0 Å². The molecule has 0 aliphatic heterocycles. The van der Waals surface area contributed by atoms with E-state index >= 15 is 0 Å². The predicted octanol–water partition coefficient (Wildman–Crippen LogP) is 3.40. The third-order valence-corrected chi connectivity index (χ3v) is 4.70. The van der Waals surface area contributed by atoms with Crippen molar-refractivity contribution in [1.29, 1.82) is 0 Å². The zero-order valence-electron chi connectivity index (χ0n) is 13.3. The van der Waals surface area contributed by atoms with Crippen LogP contribution in [0.4, 0.5) is 5.69 Å². The van der Waals surface area contributed by atoms with Gasteiger partial charge in [0.2, 0.25) is 0 Å². The first-order valence-electron chi connectivity index (χ1n) is 7.21. The van der Waals surface area contributed by atoms with Crippen LogP contribution in [-0.4, -0.2) is 20.8 Å². The molecule has 0 aromatic heterocycles. The van der Waals surface area contributed by atoms with Crippen LogP contribution in [0.1, 0.15) is 29.8 Å². The summed E-state index contributed by atoms with van der Waals surface area (Å²) in [4.78, 5) is 11.3. The van der Waals surface area contributed by atoms with Gasteiger partial charge in [0, 0.05) is 11.3 Å². The maximum Gasteiger partial charge on any atom is 0.261 e. The van der Waals surface area contributed by atoms with Crippen LogP contribution in [0, 0.1) is 6.92 Å². The molecular weight excluding hydrogens is 314 g/mol. The van der Waals surface area contributed by atoms with E-state index in [0.717, 1.165) is 11.3 Å². The van der Waals surface area contributed by atoms with Gasteiger partial charge in [-0.3, -0.25) is 9.52 Å². The summed E-state index contributed by atoms with van der Waals surface area (Å²) in [6.07, 6.45) is 0. The molecule has 5 nitrogen and oxygen atoms in total. The SMILES string of the molecule is CCOc1ccc(NS(=O)(=O)c2ccc(C(C)=O)cc2)cc1C. The van der Waals surface area contributed by atoms with Gasteiger partial charge in [0.05, 0.1) is 11.5 Å². The molecule has 0 heterocycles. The lowest BCUT2D eigenvalue weighted by atomic mass is 10.2. The van der Waals surface area contributed by atoms with Gasteiger partial charge in [0.25, 0.3) is 10.0 Å². The van der Waals surface area contributed by atoms with Crippen LogP contribution in [-0.2, 0) is 10.0 Å². The highest BCUT2D eigenvalue weighted by Crippen LogP contribution is 2.24. The molecule has 0 spiro atoms. The number of rotatable bonds is 6. The number of Topliss-reactive ketones (excluding diaryl/α,β-unsaturated/α-hetero) is 1. The van der Waals surface area contributed by atoms with Gasteiger partial charge in [-0.1, -0.05) is 12.1 Å². The van der Waals surface area contributed by atoms with E-state index in [4.69, 9.17) is 4.74 Å². The maximum atomic E-state index is 12.4. The van der Waals surface area contributed by atoms with Gasteiger partial charge >= 0.3 is 0 Å². The summed E-state index contributed by atoms with van der Waals surface area (Å²) >= 11 is 0. The Morgan fingerprint density at radius 1 is 1.13 bits per heavy atom. The molecule has 2 aromatic rings. The molecule has 122 valence electrons. The Kier molecular flexibility index (Phi) is 5.05. The smallest absolute Gasteiger partial charge is 0.261 e. The highest BCUT2D eigenvalue weighted by Gasteiger charge is 2.15. The van der Waals surface area contributed by atoms with E-state index in [1.165, 1.54) is 31.2 Å². The zero-order chi connectivity index (χ0) is 17.0. The third kappa shape index (κ3) is 4.10. The highest BCUT2D eigenvalue weighted by atomic mass is 32.2. The van der Waals surface area contributed by atoms with E-state index in [2.05, 4.69) is 4.72 Å². The van der Waals surface area contributed by atoms with Crippen LogP contribution in [0.2, 0.25) is 0 Å². The molecule has 0 amide bonds. The molecule has 2 aromatic carbocycles. The number of ketones is 1. The molecular formula is C17H19NO4S. The fourth-order valence-corrected chi connectivity index (χ4v) is 3.16. The Balaban J connectivity index is 2.24. The lowest BCUT2D eigenvalue weighted by molar-refractivity contribution is 0.101. The highest BCUT2D eigenvalue weighted by molar-refractivity contribution is 7.92. The molecule has 0 saturated carbocycles. The summed E-state index contributed by atoms with van der Waals surface area (Å²) < 4.78 is 32.7. The zero-order valence-corrected chi connectivity index (χ0v) is 14.1. The predicted molar refractivity (Wildman–Crippen MR) is 89.6 cm³/mol. The van der Waals surface area contributed by atoms with Gasteiger partial charge in [-0.25, -0.2) is 8.42 Å². The molecule has 0 aliphatic carbocycles. The van der Waals surface area contributed by atoms with Crippen molar-refractivity contribution in [3.63, 3.8) is 0 Å². The second-order valence-corrected chi connectivity index (χ2v) is 6.78. The topological polar surface area (TPSA) is 72.5 Å². The quantitative estimate of drug-likeness (QED) is 0.822. The number of ether oxygens (including phenoxy) is 1. The number of nitrogens with one attached hydrogen (secondary N) is 1. The summed E-state index contributed by atoms with van der Waals surface area (Å²) in [7, 11) is -3.70. The number of sulfonamides is 1. The molecule has 0 radical (unpaired) electrons. The Hall–Kier alpha value is -2.34. The van der Waals surface area contributed by atoms with E-state index in [9.17, 15) is 13.2 Å². The van der Waals surface area contributed by atoms with Gasteiger partial charge in [0.1, 0.15) is 5.75 Å². The first kappa shape index (κ1) is 17.0. The van der Waals surface area contributed by atoms with Crippen molar-refractivity contribution < 1.29 is 17.9 Å². The van der Waals surface area contributed by atoms with E-state index < -0.39 is 10.0 Å². The number of hydrogen-bond donors (Lipinski definition) is 1. The van der Waals surface area contributed by atoms with E-state index in [1.54, 1.807) is 18.2 Å². The number of anilines is 1. The first-order chi connectivity index (χ1) is 10.8. The van der Waals surface area contributed by atoms with Gasteiger partial charge in [-0.2, -0.15) is 0 Å². The molecule has 0 fully saturated rings. The fourth-order valence-electron chi connectivity index (χ4n) is 2.11. The number of hydrogen-bond acceptors (Lipinski definition) is 4. The Bertz CT molecular complexity index is 811. The van der Waals surface area contributed by atoms with Crippen molar-refractivity contribution in [2.45, 2.75) is 25.7 Å². The van der Waals surface area contributed by atoms with Gasteiger partial charge in [-0.05, 0) is 56.7 Å². The first-order valence-corrected chi connectivity index (χ1v) is 8.69. The maximum absolute atomic E-state index is 12.4. The van der Waals surface area contributed by atoms with Crippen LogP contribution in [0.15, 0.2) is 47.4 Å². The Labute approximate surface area is 136 Å². The summed E-state index contributed by atoms with van der Waals surface area (Å²) in [5.41, 5.74) is 1.78. The number of aryl methyl sites for hydroxylation is 1. The van der Waals surface area contributed by atoms with Crippen LogP contribution < -0.4 is 9.46 Å². The second-order valence-electron chi connectivity index (χ2n) is 5.10. The molecule has 23 heavy (non-hydrogen) atoms. The average Bonchev–Trinajstić information content (AvgIpc) is 2.50. The monoisotopic (exact) mass is 333 g/mol. The number of carbonyl (C=O) groups is 1. The summed E-state index contributed by atoms with van der Waals surface area (Å²) in [5.74, 6) is 0.616. The molecule has 1 N–H and O–H groups in total. The molecule has 0 unspecified atom stereocenters. The van der Waals surface area contributed by atoms with Gasteiger partial charge in [0.15, 0.2) is 5.78 Å². The largest absolute Gasteiger partial charge is 0.494 e. The molecule has 6 heteroatoms. The van der Waals surface area contributed by atoms with Crippen LogP contribution >= 0.6 is 0 Å². The summed E-state index contributed by atoms with van der Waals surface area (Å²) in [6.45, 7) is 5.73. The standard InChI is InChI=1S/C17H19NO4S/c1-4-22-17-10-7-15(11-12(17)2)18-23(20,21)16-8-5-14(6-9-16)13(3)19/h5-11,18H,4H2,1-3H3. The second kappa shape index (κ2) is 6.83. The van der Waals surface area contributed by atoms with E-state index in [-0.39, 0.29) is 10.7 Å². The van der Waals surface area contributed by atoms with Crippen molar-refractivity contribution in [2.75, 3.05) is 11.3 Å². The minimum atomic E-state index is -3.70. The van der Waals surface area contributed by atoms with E-state index in [0.29, 0.717) is 17.9 Å². The fraction of sp³-hybridized carbons (Fsp3) is 0.235. The van der Waals surface area contributed by atoms with E-state index in [1.807, 2.05) is 13.8 Å². The van der Waals surface area contributed by atoms with Crippen molar-refractivity contribution >= 4 is 21.5 Å². The van der Waals surface area contributed by atoms with Crippen molar-refractivity contribution in [2.24, 2.45) is 0 Å². The lowest BCUT2D eigenvalue weighted by Gasteiger charge is -2.11. The third-order valence-electron chi connectivity index (χ3n) is 3.30. The molecule has 2 rings (SSSR count). The Morgan fingerprint density at radius 3 is 2.30 bits per heavy atom. The molecule has 0 saturated heterocycles. The lowest BCUT2D eigenvalue weighted by Crippen LogP contribution is -2.13. The van der Waals surface area contributed by atoms with Crippen LogP contribution in [0.5, 0.6) is 5.75 Å². The Morgan fingerprint density at radius 2 is 1.78 bits per heavy atom.